The van der Waals surface area contributed by atoms with Gasteiger partial charge in [-0.2, -0.15) is 13.2 Å². The maximum atomic E-state index is 12.7. The quantitative estimate of drug-likeness (QED) is 0.733. The molecule has 1 aromatic carbocycles. The van der Waals surface area contributed by atoms with Crippen molar-refractivity contribution in [2.24, 2.45) is 11.7 Å². The average molecular weight is 290 g/mol. The van der Waals surface area contributed by atoms with Crippen LogP contribution in [0.25, 0.3) is 0 Å². The molecule has 2 atom stereocenters. The van der Waals surface area contributed by atoms with Crippen LogP contribution in [0.4, 0.5) is 18.9 Å². The Morgan fingerprint density at radius 1 is 1.25 bits per heavy atom. The van der Waals surface area contributed by atoms with E-state index in [1.807, 2.05) is 0 Å². The van der Waals surface area contributed by atoms with E-state index < -0.39 is 36.4 Å². The van der Waals surface area contributed by atoms with Gasteiger partial charge in [0.05, 0.1) is 6.54 Å². The predicted molar refractivity (Wildman–Crippen MR) is 65.1 cm³/mol. The number of hydrogen-bond acceptors (Lipinski definition) is 4. The zero-order valence-electron chi connectivity index (χ0n) is 10.2. The summed E-state index contributed by atoms with van der Waals surface area (Å²) in [6.07, 6.45) is -5.01. The van der Waals surface area contributed by atoms with Crippen LogP contribution in [0.1, 0.15) is 0 Å². The zero-order chi connectivity index (χ0) is 15.3. The first kappa shape index (κ1) is 16.0. The van der Waals surface area contributed by atoms with E-state index in [9.17, 15) is 22.8 Å². The molecule has 0 saturated heterocycles. The number of para-hydroxylation sites is 1. The number of rotatable bonds is 6. The van der Waals surface area contributed by atoms with Crippen molar-refractivity contribution in [2.75, 3.05) is 11.9 Å². The van der Waals surface area contributed by atoms with E-state index in [1.165, 1.54) is 0 Å². The van der Waals surface area contributed by atoms with E-state index in [2.05, 4.69) is 5.32 Å². The molecule has 0 amide bonds. The number of aliphatic carboxylic acids is 1. The summed E-state index contributed by atoms with van der Waals surface area (Å²) in [5, 5.41) is 11.0. The highest BCUT2D eigenvalue weighted by atomic mass is 19.4. The Hall–Kier alpha value is -2.09. The van der Waals surface area contributed by atoms with Crippen molar-refractivity contribution in [2.45, 2.75) is 12.2 Å². The molecule has 1 aromatic rings. The van der Waals surface area contributed by atoms with Gasteiger partial charge in [-0.25, -0.2) is 0 Å². The molecule has 4 N–H and O–H groups in total. The van der Waals surface area contributed by atoms with Gasteiger partial charge in [0.15, 0.2) is 5.78 Å². The van der Waals surface area contributed by atoms with Crippen molar-refractivity contribution in [3.8, 4) is 0 Å². The standard InChI is InChI=1S/C12H13F3N2O3/c13-12(14,15)9(10(16)11(19)20)8(18)6-17-7-4-2-1-3-5-7/h1-5,9-10,17H,6,16H2,(H,19,20). The number of benzene rings is 1. The van der Waals surface area contributed by atoms with Crippen LogP contribution >= 0.6 is 0 Å². The molecule has 0 aliphatic carbocycles. The lowest BCUT2D eigenvalue weighted by Gasteiger charge is -2.22. The Labute approximate surface area is 112 Å². The first-order valence-electron chi connectivity index (χ1n) is 5.60. The van der Waals surface area contributed by atoms with Crippen LogP contribution in [-0.4, -0.2) is 35.6 Å². The molecule has 110 valence electrons. The van der Waals surface area contributed by atoms with Gasteiger partial charge in [0, 0.05) is 5.69 Å². The van der Waals surface area contributed by atoms with E-state index in [4.69, 9.17) is 10.8 Å². The summed E-state index contributed by atoms with van der Waals surface area (Å²) in [5.74, 6) is -5.94. The maximum Gasteiger partial charge on any atom is 0.400 e. The predicted octanol–water partition coefficient (Wildman–Crippen LogP) is 1.26. The average Bonchev–Trinajstić information content (AvgIpc) is 2.36. The van der Waals surface area contributed by atoms with Gasteiger partial charge in [0.25, 0.3) is 0 Å². The zero-order valence-corrected chi connectivity index (χ0v) is 10.2. The van der Waals surface area contributed by atoms with Crippen LogP contribution in [-0.2, 0) is 9.59 Å². The van der Waals surface area contributed by atoms with Crippen LogP contribution in [0, 0.1) is 5.92 Å². The number of carboxylic acids is 1. The summed E-state index contributed by atoms with van der Waals surface area (Å²) < 4.78 is 38.1. The van der Waals surface area contributed by atoms with E-state index in [1.54, 1.807) is 30.3 Å². The molecule has 8 heteroatoms. The minimum Gasteiger partial charge on any atom is -0.480 e. The Bertz CT molecular complexity index is 477. The highest BCUT2D eigenvalue weighted by Crippen LogP contribution is 2.29. The summed E-state index contributed by atoms with van der Waals surface area (Å²) in [5.41, 5.74) is 5.40. The lowest BCUT2D eigenvalue weighted by molar-refractivity contribution is -0.189. The highest BCUT2D eigenvalue weighted by Gasteiger charge is 2.50. The third-order valence-corrected chi connectivity index (χ3v) is 2.58. The van der Waals surface area contributed by atoms with Crippen molar-refractivity contribution in [3.63, 3.8) is 0 Å². The van der Waals surface area contributed by atoms with Crippen molar-refractivity contribution < 1.29 is 27.9 Å². The van der Waals surface area contributed by atoms with Gasteiger partial charge in [-0.15, -0.1) is 0 Å². The van der Waals surface area contributed by atoms with Gasteiger partial charge in [-0.3, -0.25) is 9.59 Å². The number of ketones is 1. The molecular weight excluding hydrogens is 277 g/mol. The largest absolute Gasteiger partial charge is 0.480 e. The third-order valence-electron chi connectivity index (χ3n) is 2.58. The van der Waals surface area contributed by atoms with Crippen molar-refractivity contribution >= 4 is 17.4 Å². The molecule has 20 heavy (non-hydrogen) atoms. The summed E-state index contributed by atoms with van der Waals surface area (Å²) in [6.45, 7) is -0.658. The van der Waals surface area contributed by atoms with Gasteiger partial charge < -0.3 is 16.2 Å². The number of nitrogens with one attached hydrogen (secondary N) is 1. The number of alkyl halides is 3. The summed E-state index contributed by atoms with van der Waals surface area (Å²) in [4.78, 5) is 22.2. The van der Waals surface area contributed by atoms with Gasteiger partial charge in [0.1, 0.15) is 12.0 Å². The fourth-order valence-electron chi connectivity index (χ4n) is 1.58. The normalized spacial score (nSPS) is 14.4. The molecule has 0 bridgehead atoms. The molecule has 0 radical (unpaired) electrons. The molecule has 0 aliphatic heterocycles. The van der Waals surface area contributed by atoms with Gasteiger partial charge in [0.2, 0.25) is 0 Å². The first-order valence-corrected chi connectivity index (χ1v) is 5.60. The van der Waals surface area contributed by atoms with Crippen LogP contribution in [0.15, 0.2) is 30.3 Å². The third kappa shape index (κ3) is 4.23. The van der Waals surface area contributed by atoms with E-state index in [-0.39, 0.29) is 0 Å². The summed E-state index contributed by atoms with van der Waals surface area (Å²) >= 11 is 0. The number of nitrogens with two attached hydrogens (primary N) is 1. The minimum atomic E-state index is -5.01. The lowest BCUT2D eigenvalue weighted by atomic mass is 9.94. The molecule has 0 spiro atoms. The second-order valence-corrected chi connectivity index (χ2v) is 4.07. The van der Waals surface area contributed by atoms with E-state index in [0.717, 1.165) is 0 Å². The molecule has 0 aliphatic rings. The molecule has 0 aromatic heterocycles. The van der Waals surface area contributed by atoms with Gasteiger partial charge in [-0.1, -0.05) is 18.2 Å². The molecule has 0 fully saturated rings. The fraction of sp³-hybridized carbons (Fsp3) is 0.333. The Morgan fingerprint density at radius 3 is 2.25 bits per heavy atom. The molecule has 0 heterocycles. The maximum absolute atomic E-state index is 12.7. The summed E-state index contributed by atoms with van der Waals surface area (Å²) in [7, 11) is 0. The minimum absolute atomic E-state index is 0.450. The lowest BCUT2D eigenvalue weighted by Crippen LogP contribution is -2.50. The first-order chi connectivity index (χ1) is 9.23. The number of Topliss-reactive ketones (excluding diaryl/α,β-unsaturated/α-hetero) is 1. The Kier molecular flexibility index (Phi) is 5.09. The fourth-order valence-corrected chi connectivity index (χ4v) is 1.58. The van der Waals surface area contributed by atoms with Crippen molar-refractivity contribution in [3.05, 3.63) is 30.3 Å². The molecule has 2 unspecified atom stereocenters. The van der Waals surface area contributed by atoms with Crippen LogP contribution in [0.2, 0.25) is 0 Å². The number of hydrogen-bond donors (Lipinski definition) is 3. The number of anilines is 1. The van der Waals surface area contributed by atoms with Crippen molar-refractivity contribution in [1.29, 1.82) is 0 Å². The van der Waals surface area contributed by atoms with E-state index >= 15 is 0 Å². The molecule has 0 saturated carbocycles. The second-order valence-electron chi connectivity index (χ2n) is 4.07. The SMILES string of the molecule is NC(C(=O)O)C(C(=O)CNc1ccccc1)C(F)(F)F. The van der Waals surface area contributed by atoms with Crippen LogP contribution < -0.4 is 11.1 Å². The Morgan fingerprint density at radius 2 is 1.80 bits per heavy atom. The number of carbonyl (C=O) groups excluding carboxylic acids is 1. The highest BCUT2D eigenvalue weighted by molar-refractivity contribution is 5.91. The van der Waals surface area contributed by atoms with Crippen molar-refractivity contribution in [1.82, 2.24) is 0 Å². The van der Waals surface area contributed by atoms with Crippen LogP contribution in [0.5, 0.6) is 0 Å². The van der Waals surface area contributed by atoms with Gasteiger partial charge >= 0.3 is 12.1 Å². The smallest absolute Gasteiger partial charge is 0.400 e. The number of carboxylic acid groups (broad SMARTS) is 1. The number of halogens is 3. The molecule has 5 nitrogen and oxygen atoms in total. The monoisotopic (exact) mass is 290 g/mol. The van der Waals surface area contributed by atoms with Crippen LogP contribution in [0.3, 0.4) is 0 Å². The molecular formula is C12H13F3N2O3. The Balaban J connectivity index is 2.77. The van der Waals surface area contributed by atoms with Gasteiger partial charge in [-0.05, 0) is 12.1 Å². The number of carbonyl (C=O) groups is 2. The molecule has 1 rings (SSSR count). The van der Waals surface area contributed by atoms with E-state index in [0.29, 0.717) is 5.69 Å². The topological polar surface area (TPSA) is 92.4 Å². The summed E-state index contributed by atoms with van der Waals surface area (Å²) in [6, 6.07) is 5.78. The second kappa shape index (κ2) is 6.38.